The van der Waals surface area contributed by atoms with Gasteiger partial charge in [0.05, 0.1) is 19.8 Å². The van der Waals surface area contributed by atoms with Crippen molar-refractivity contribution in [1.29, 1.82) is 0 Å². The van der Waals surface area contributed by atoms with Crippen LogP contribution in [0.3, 0.4) is 0 Å². The first-order valence-corrected chi connectivity index (χ1v) is 18.1. The van der Waals surface area contributed by atoms with Gasteiger partial charge in [0.15, 0.2) is 6.10 Å². The van der Waals surface area contributed by atoms with Crippen molar-refractivity contribution in [3.05, 3.63) is 22.7 Å². The first kappa shape index (κ1) is 39.3. The van der Waals surface area contributed by atoms with E-state index in [1.165, 1.54) is 6.07 Å². The molecular formula is C31H54F2N3O8P. The fourth-order valence-corrected chi connectivity index (χ4v) is 6.22. The standard InChI is InChI=1S/C31H54F2N3O8P/c1-4-7-10-13-16-19-27(37)44-28-25(43-29(31(28,32)33)36-21-20-26(34)35-30(36)38)24-42-45(39,40-22-17-14-11-8-5-2)41-23-18-15-12-9-6-3/h20-21,25,28-29H,4-19,22-24H2,1-3H3,(H2,34,35,38)/t25-,28-,29-/m1/s1. The summed E-state index contributed by atoms with van der Waals surface area (Å²) in [5, 5.41) is 0. The predicted molar refractivity (Wildman–Crippen MR) is 168 cm³/mol. The van der Waals surface area contributed by atoms with E-state index in [-0.39, 0.29) is 25.5 Å². The van der Waals surface area contributed by atoms with Crippen molar-refractivity contribution in [3.8, 4) is 0 Å². The number of nitrogen functional groups attached to an aromatic ring is 1. The second kappa shape index (κ2) is 21.1. The maximum atomic E-state index is 15.9. The van der Waals surface area contributed by atoms with Gasteiger partial charge < -0.3 is 15.2 Å². The van der Waals surface area contributed by atoms with Crippen LogP contribution in [-0.2, 0) is 32.4 Å². The molecule has 14 heteroatoms. The normalized spacial score (nSPS) is 19.6. The number of aromatic nitrogens is 2. The minimum atomic E-state index is -4.18. The summed E-state index contributed by atoms with van der Waals surface area (Å²) in [6.45, 7) is 5.77. The number of hydrogen-bond acceptors (Lipinski definition) is 10. The van der Waals surface area contributed by atoms with Crippen molar-refractivity contribution in [2.45, 2.75) is 148 Å². The summed E-state index contributed by atoms with van der Waals surface area (Å²) in [6.07, 6.45) is 8.54. The molecule has 0 unspecified atom stereocenters. The number of ether oxygens (including phenoxy) is 2. The number of rotatable bonds is 25. The summed E-state index contributed by atoms with van der Waals surface area (Å²) < 4.78 is 73.5. The van der Waals surface area contributed by atoms with Crippen LogP contribution in [0.4, 0.5) is 14.6 Å². The monoisotopic (exact) mass is 665 g/mol. The Kier molecular flexibility index (Phi) is 18.4. The van der Waals surface area contributed by atoms with Crippen LogP contribution in [0.5, 0.6) is 0 Å². The number of halogens is 2. The van der Waals surface area contributed by atoms with Crippen molar-refractivity contribution >= 4 is 19.6 Å². The van der Waals surface area contributed by atoms with Crippen molar-refractivity contribution < 1.29 is 41.2 Å². The van der Waals surface area contributed by atoms with Gasteiger partial charge in [0.1, 0.15) is 11.9 Å². The molecule has 1 saturated heterocycles. The SMILES string of the molecule is CCCCCCCOP(=O)(OCCCCCCC)OC[C@H]1O[C@@H](n2ccc(N)nc2=O)C(F)(F)[C@@H]1OC(=O)CCCCCCC. The van der Waals surface area contributed by atoms with E-state index in [0.29, 0.717) is 23.8 Å². The summed E-state index contributed by atoms with van der Waals surface area (Å²) in [5.41, 5.74) is 4.47. The lowest BCUT2D eigenvalue weighted by atomic mass is 10.1. The van der Waals surface area contributed by atoms with Crippen LogP contribution in [0.1, 0.15) is 130 Å². The Hall–Kier alpha value is -1.92. The molecule has 45 heavy (non-hydrogen) atoms. The van der Waals surface area contributed by atoms with E-state index in [2.05, 4.69) is 25.8 Å². The molecule has 0 aromatic carbocycles. The third-order valence-corrected chi connectivity index (χ3v) is 9.05. The second-order valence-corrected chi connectivity index (χ2v) is 13.2. The predicted octanol–water partition coefficient (Wildman–Crippen LogP) is 7.73. The number of carbonyl (C=O) groups excluding carboxylic acids is 1. The zero-order valence-corrected chi connectivity index (χ0v) is 28.2. The Morgan fingerprint density at radius 2 is 1.44 bits per heavy atom. The number of alkyl halides is 2. The number of nitrogens with zero attached hydrogens (tertiary/aromatic N) is 2. The fraction of sp³-hybridized carbons (Fsp3) is 0.839. The highest BCUT2D eigenvalue weighted by Gasteiger charge is 2.62. The molecule has 1 aromatic heterocycles. The molecule has 2 rings (SSSR count). The van der Waals surface area contributed by atoms with Crippen molar-refractivity contribution in [2.75, 3.05) is 25.6 Å². The van der Waals surface area contributed by atoms with Crippen LogP contribution in [0.2, 0.25) is 0 Å². The minimum absolute atomic E-state index is 0.0569. The average Bonchev–Trinajstić information content (AvgIpc) is 3.24. The van der Waals surface area contributed by atoms with Gasteiger partial charge in [-0.25, -0.2) is 9.36 Å². The number of unbranched alkanes of at least 4 members (excludes halogenated alkanes) is 12. The fourth-order valence-electron chi connectivity index (χ4n) is 4.97. The van der Waals surface area contributed by atoms with Crippen LogP contribution in [0.25, 0.3) is 0 Å². The van der Waals surface area contributed by atoms with Crippen LogP contribution in [-0.4, -0.2) is 53.5 Å². The number of esters is 1. The molecule has 0 amide bonds. The van der Waals surface area contributed by atoms with Crippen LogP contribution in [0, 0.1) is 0 Å². The van der Waals surface area contributed by atoms with Gasteiger partial charge in [-0.2, -0.15) is 13.8 Å². The van der Waals surface area contributed by atoms with E-state index in [0.717, 1.165) is 83.2 Å². The summed E-state index contributed by atoms with van der Waals surface area (Å²) in [6, 6.07) is 1.18. The summed E-state index contributed by atoms with van der Waals surface area (Å²) in [5.74, 6) is -4.84. The number of anilines is 1. The molecule has 1 aromatic rings. The Morgan fingerprint density at radius 3 is 1.98 bits per heavy atom. The van der Waals surface area contributed by atoms with Gasteiger partial charge >= 0.3 is 25.4 Å². The van der Waals surface area contributed by atoms with Crippen molar-refractivity contribution in [1.82, 2.24) is 9.55 Å². The molecule has 1 aliphatic heterocycles. The number of carbonyl (C=O) groups is 1. The maximum absolute atomic E-state index is 15.9. The van der Waals surface area contributed by atoms with E-state index in [1.54, 1.807) is 0 Å². The van der Waals surface area contributed by atoms with Crippen LogP contribution >= 0.6 is 7.82 Å². The quantitative estimate of drug-likeness (QED) is 0.0626. The lowest BCUT2D eigenvalue weighted by Gasteiger charge is -2.25. The molecule has 1 aliphatic rings. The first-order chi connectivity index (χ1) is 21.6. The van der Waals surface area contributed by atoms with E-state index < -0.39 is 50.4 Å². The third kappa shape index (κ3) is 13.8. The van der Waals surface area contributed by atoms with Gasteiger partial charge in [-0.1, -0.05) is 97.8 Å². The largest absolute Gasteiger partial charge is 0.474 e. The molecule has 0 bridgehead atoms. The van der Waals surface area contributed by atoms with Gasteiger partial charge in [0.25, 0.3) is 0 Å². The molecule has 0 radical (unpaired) electrons. The van der Waals surface area contributed by atoms with Gasteiger partial charge in [-0.15, -0.1) is 0 Å². The molecule has 260 valence electrons. The lowest BCUT2D eigenvalue weighted by Crippen LogP contribution is -2.44. The zero-order chi connectivity index (χ0) is 33.1. The number of phosphoric ester groups is 1. The smallest absolute Gasteiger partial charge is 0.453 e. The van der Waals surface area contributed by atoms with Gasteiger partial charge in [-0.3, -0.25) is 22.9 Å². The topological polar surface area (TPSA) is 141 Å². The van der Waals surface area contributed by atoms with E-state index in [9.17, 15) is 14.2 Å². The minimum Gasteiger partial charge on any atom is -0.453 e. The Labute approximate surface area is 266 Å². The van der Waals surface area contributed by atoms with E-state index in [1.807, 2.05) is 0 Å². The Balaban J connectivity index is 2.18. The summed E-state index contributed by atoms with van der Waals surface area (Å²) >= 11 is 0. The number of hydrogen-bond donors (Lipinski definition) is 1. The van der Waals surface area contributed by atoms with Gasteiger partial charge in [0.2, 0.25) is 6.23 Å². The molecule has 11 nitrogen and oxygen atoms in total. The molecule has 0 saturated carbocycles. The van der Waals surface area contributed by atoms with E-state index in [4.69, 9.17) is 28.8 Å². The highest BCUT2D eigenvalue weighted by Crippen LogP contribution is 2.52. The summed E-state index contributed by atoms with van der Waals surface area (Å²) in [7, 11) is -4.18. The number of nitrogens with two attached hydrogens (primary N) is 1. The highest BCUT2D eigenvalue weighted by atomic mass is 31.2. The molecule has 0 aliphatic carbocycles. The second-order valence-electron chi connectivity index (χ2n) is 11.6. The maximum Gasteiger partial charge on any atom is 0.474 e. The molecule has 2 N–H and O–H groups in total. The zero-order valence-electron chi connectivity index (χ0n) is 27.3. The molecule has 3 atom stereocenters. The van der Waals surface area contributed by atoms with Crippen molar-refractivity contribution in [3.63, 3.8) is 0 Å². The van der Waals surface area contributed by atoms with E-state index >= 15 is 8.78 Å². The van der Waals surface area contributed by atoms with Crippen molar-refractivity contribution in [2.24, 2.45) is 0 Å². The molecule has 2 heterocycles. The number of phosphoric acid groups is 1. The first-order valence-electron chi connectivity index (χ1n) is 16.7. The third-order valence-electron chi connectivity index (χ3n) is 7.59. The Bertz CT molecular complexity index is 1070. The van der Waals surface area contributed by atoms with Gasteiger partial charge in [-0.05, 0) is 25.3 Å². The Morgan fingerprint density at radius 1 is 0.911 bits per heavy atom. The van der Waals surface area contributed by atoms with Crippen LogP contribution < -0.4 is 11.4 Å². The molecule has 1 fully saturated rings. The average molecular weight is 666 g/mol. The highest BCUT2D eigenvalue weighted by molar-refractivity contribution is 7.48. The summed E-state index contributed by atoms with van der Waals surface area (Å²) in [4.78, 5) is 28.6. The molecular weight excluding hydrogens is 611 g/mol. The molecule has 0 spiro atoms. The van der Waals surface area contributed by atoms with Gasteiger partial charge in [0, 0.05) is 12.6 Å². The lowest BCUT2D eigenvalue weighted by molar-refractivity contribution is -0.176. The van der Waals surface area contributed by atoms with Crippen LogP contribution in [0.15, 0.2) is 17.1 Å².